The molecule has 0 saturated carbocycles. The lowest BCUT2D eigenvalue weighted by atomic mass is 10.1. The number of para-hydroxylation sites is 1. The zero-order valence-corrected chi connectivity index (χ0v) is 11.7. The summed E-state index contributed by atoms with van der Waals surface area (Å²) in [6.45, 7) is 4.79. The third-order valence-corrected chi connectivity index (χ3v) is 3.94. The van der Waals surface area contributed by atoms with Gasteiger partial charge in [-0.1, -0.05) is 48.0 Å². The molecule has 0 radical (unpaired) electrons. The lowest BCUT2D eigenvalue weighted by Gasteiger charge is -2.14. The van der Waals surface area contributed by atoms with Crippen molar-refractivity contribution in [1.82, 2.24) is 5.32 Å². The van der Waals surface area contributed by atoms with E-state index in [4.69, 9.17) is 0 Å². The van der Waals surface area contributed by atoms with E-state index in [1.807, 2.05) is 6.07 Å². The molecule has 0 aromatic heterocycles. The first-order valence-electron chi connectivity index (χ1n) is 5.68. The molecule has 1 atom stereocenters. The van der Waals surface area contributed by atoms with E-state index in [0.29, 0.717) is 18.0 Å². The Hall–Kier alpha value is -1.03. The Labute approximate surface area is 110 Å². The molecule has 0 fully saturated rings. The normalized spacial score (nSPS) is 12.5. The number of halogens is 1. The fraction of sp³-hybridized carbons (Fsp3) is 0.462. The molecule has 0 aliphatic heterocycles. The Morgan fingerprint density at radius 1 is 1.41 bits per heavy atom. The van der Waals surface area contributed by atoms with Crippen LogP contribution in [0.1, 0.15) is 19.4 Å². The van der Waals surface area contributed by atoms with Crippen LogP contribution in [0.25, 0.3) is 0 Å². The monoisotopic (exact) mass is 299 g/mol. The average Bonchev–Trinajstić information content (AvgIpc) is 2.29. The number of rotatable bonds is 5. The first-order chi connectivity index (χ1) is 8.00. The Morgan fingerprint density at radius 2 is 2.06 bits per heavy atom. The van der Waals surface area contributed by atoms with Gasteiger partial charge in [-0.15, -0.1) is 0 Å². The summed E-state index contributed by atoms with van der Waals surface area (Å²) in [5.74, 6) is 0.568. The predicted octanol–water partition coefficient (Wildman–Crippen LogP) is 2.47. The van der Waals surface area contributed by atoms with Gasteiger partial charge < -0.3 is 10.4 Å². The second kappa shape index (κ2) is 6.64. The van der Waals surface area contributed by atoms with Crippen LogP contribution in [0.3, 0.4) is 0 Å². The number of benzene rings is 1. The van der Waals surface area contributed by atoms with Gasteiger partial charge in [-0.25, -0.2) is 0 Å². The highest BCUT2D eigenvalue weighted by atomic mass is 79.9. The molecular formula is C13H18BrNO2. The largest absolute Gasteiger partial charge is 0.508 e. The van der Waals surface area contributed by atoms with Gasteiger partial charge in [0.2, 0.25) is 5.91 Å². The molecule has 4 heteroatoms. The van der Waals surface area contributed by atoms with Crippen molar-refractivity contribution in [3.8, 4) is 5.75 Å². The minimum Gasteiger partial charge on any atom is -0.508 e. The highest BCUT2D eigenvalue weighted by Gasteiger charge is 2.11. The first kappa shape index (κ1) is 14.0. The molecule has 0 aliphatic rings. The highest BCUT2D eigenvalue weighted by Crippen LogP contribution is 2.16. The molecule has 1 rings (SSSR count). The second-order valence-corrected chi connectivity index (χ2v) is 5.55. The number of aromatic hydroxyl groups is 1. The number of alkyl halides is 1. The van der Waals surface area contributed by atoms with Gasteiger partial charge in [0.05, 0.1) is 6.42 Å². The number of carbonyl (C=O) groups excluding carboxylic acids is 1. The first-order valence-corrected chi connectivity index (χ1v) is 6.60. The van der Waals surface area contributed by atoms with E-state index < -0.39 is 0 Å². The van der Waals surface area contributed by atoms with Crippen molar-refractivity contribution in [2.75, 3.05) is 6.54 Å². The SMILES string of the molecule is CC(C)C(Br)CNC(=O)Cc1ccccc1O. The molecule has 17 heavy (non-hydrogen) atoms. The number of hydrogen-bond acceptors (Lipinski definition) is 2. The zero-order valence-electron chi connectivity index (χ0n) is 10.1. The summed E-state index contributed by atoms with van der Waals surface area (Å²) in [4.78, 5) is 11.9. The van der Waals surface area contributed by atoms with Crippen LogP contribution in [-0.2, 0) is 11.2 Å². The highest BCUT2D eigenvalue weighted by molar-refractivity contribution is 9.09. The van der Waals surface area contributed by atoms with Gasteiger partial charge in [-0.05, 0) is 12.0 Å². The zero-order chi connectivity index (χ0) is 12.8. The number of hydrogen-bond donors (Lipinski definition) is 2. The maximum Gasteiger partial charge on any atom is 0.224 e. The van der Waals surface area contributed by atoms with E-state index in [9.17, 15) is 9.90 Å². The molecule has 1 unspecified atom stereocenters. The molecule has 94 valence electrons. The molecule has 0 bridgehead atoms. The van der Waals surface area contributed by atoms with Crippen molar-refractivity contribution in [3.63, 3.8) is 0 Å². The van der Waals surface area contributed by atoms with Crippen molar-refractivity contribution in [2.45, 2.75) is 25.1 Å². The summed E-state index contributed by atoms with van der Waals surface area (Å²) in [6, 6.07) is 6.89. The lowest BCUT2D eigenvalue weighted by Crippen LogP contribution is -2.32. The van der Waals surface area contributed by atoms with Crippen LogP contribution in [0, 0.1) is 5.92 Å². The van der Waals surface area contributed by atoms with Crippen LogP contribution in [0.15, 0.2) is 24.3 Å². The number of phenols is 1. The minimum atomic E-state index is -0.0726. The van der Waals surface area contributed by atoms with Crippen LogP contribution in [0.5, 0.6) is 5.75 Å². The summed E-state index contributed by atoms with van der Waals surface area (Å²) < 4.78 is 0. The maximum absolute atomic E-state index is 11.6. The van der Waals surface area contributed by atoms with Gasteiger partial charge in [0.25, 0.3) is 0 Å². The molecule has 0 saturated heterocycles. The number of carbonyl (C=O) groups is 1. The summed E-state index contributed by atoms with van der Waals surface area (Å²) in [5, 5.41) is 12.4. The Morgan fingerprint density at radius 3 is 2.65 bits per heavy atom. The van der Waals surface area contributed by atoms with Crippen LogP contribution >= 0.6 is 15.9 Å². The fourth-order valence-electron chi connectivity index (χ4n) is 1.34. The second-order valence-electron chi connectivity index (χ2n) is 4.37. The van der Waals surface area contributed by atoms with Gasteiger partial charge in [-0.3, -0.25) is 4.79 Å². The Kier molecular flexibility index (Phi) is 5.48. The van der Waals surface area contributed by atoms with Crippen LogP contribution < -0.4 is 5.32 Å². The molecule has 0 spiro atoms. The van der Waals surface area contributed by atoms with Crippen LogP contribution in [-0.4, -0.2) is 22.4 Å². The van der Waals surface area contributed by atoms with Crippen molar-refractivity contribution in [2.24, 2.45) is 5.92 Å². The van der Waals surface area contributed by atoms with Gasteiger partial charge in [0, 0.05) is 16.9 Å². The van der Waals surface area contributed by atoms with E-state index >= 15 is 0 Å². The van der Waals surface area contributed by atoms with Crippen LogP contribution in [0.4, 0.5) is 0 Å². The quantitative estimate of drug-likeness (QED) is 0.821. The molecule has 1 aromatic rings. The molecular weight excluding hydrogens is 282 g/mol. The molecule has 3 nitrogen and oxygen atoms in total. The van der Waals surface area contributed by atoms with Gasteiger partial charge in [0.1, 0.15) is 5.75 Å². The maximum atomic E-state index is 11.6. The smallest absolute Gasteiger partial charge is 0.224 e. The molecule has 0 aliphatic carbocycles. The predicted molar refractivity (Wildman–Crippen MR) is 72.4 cm³/mol. The average molecular weight is 300 g/mol. The molecule has 2 N–H and O–H groups in total. The van der Waals surface area contributed by atoms with Crippen LogP contribution in [0.2, 0.25) is 0 Å². The number of phenolic OH excluding ortho intramolecular Hbond substituents is 1. The minimum absolute atomic E-state index is 0.0726. The third kappa shape index (κ3) is 4.77. The summed E-state index contributed by atoms with van der Waals surface area (Å²) in [6.07, 6.45) is 0.213. The van der Waals surface area contributed by atoms with Gasteiger partial charge in [-0.2, -0.15) is 0 Å². The van der Waals surface area contributed by atoms with E-state index in [1.54, 1.807) is 18.2 Å². The number of nitrogens with one attached hydrogen (secondary N) is 1. The third-order valence-electron chi connectivity index (χ3n) is 2.56. The van der Waals surface area contributed by atoms with E-state index in [-0.39, 0.29) is 22.9 Å². The van der Waals surface area contributed by atoms with Crippen molar-refractivity contribution in [1.29, 1.82) is 0 Å². The van der Waals surface area contributed by atoms with E-state index in [2.05, 4.69) is 35.1 Å². The summed E-state index contributed by atoms with van der Waals surface area (Å²) in [7, 11) is 0. The summed E-state index contributed by atoms with van der Waals surface area (Å²) in [5.41, 5.74) is 0.653. The van der Waals surface area contributed by atoms with Gasteiger partial charge >= 0.3 is 0 Å². The Balaban J connectivity index is 2.43. The van der Waals surface area contributed by atoms with E-state index in [0.717, 1.165) is 0 Å². The molecule has 0 heterocycles. The number of amides is 1. The topological polar surface area (TPSA) is 49.3 Å². The summed E-state index contributed by atoms with van der Waals surface area (Å²) >= 11 is 3.51. The van der Waals surface area contributed by atoms with Gasteiger partial charge in [0.15, 0.2) is 0 Å². The standard InChI is InChI=1S/C13H18BrNO2/c1-9(2)11(14)8-15-13(17)7-10-5-3-4-6-12(10)16/h3-6,9,11,16H,7-8H2,1-2H3,(H,15,17). The Bertz CT molecular complexity index is 379. The van der Waals surface area contributed by atoms with Crippen molar-refractivity contribution in [3.05, 3.63) is 29.8 Å². The van der Waals surface area contributed by atoms with Crippen molar-refractivity contribution < 1.29 is 9.90 Å². The fourth-order valence-corrected chi connectivity index (χ4v) is 1.50. The van der Waals surface area contributed by atoms with E-state index in [1.165, 1.54) is 0 Å². The molecule has 1 amide bonds. The lowest BCUT2D eigenvalue weighted by molar-refractivity contribution is -0.120. The molecule has 1 aromatic carbocycles. The van der Waals surface area contributed by atoms with Crippen molar-refractivity contribution >= 4 is 21.8 Å².